The molecule has 0 atom stereocenters. The summed E-state index contributed by atoms with van der Waals surface area (Å²) in [6, 6.07) is 23.1. The van der Waals surface area contributed by atoms with E-state index < -0.39 is 0 Å². The summed E-state index contributed by atoms with van der Waals surface area (Å²) in [4.78, 5) is 25.3. The lowest BCUT2D eigenvalue weighted by molar-refractivity contribution is -0.131. The first-order valence-electron chi connectivity index (χ1n) is 8.33. The van der Waals surface area contributed by atoms with Crippen molar-refractivity contribution in [3.8, 4) is 11.5 Å². The minimum Gasteiger partial charge on any atom is -0.497 e. The Hall–Kier alpha value is -3.05. The van der Waals surface area contributed by atoms with E-state index in [1.54, 1.807) is 43.5 Å². The molecule has 5 heteroatoms. The molecule has 0 aliphatic carbocycles. The molecule has 0 aliphatic heterocycles. The molecule has 3 aromatic rings. The number of rotatable bonds is 7. The fourth-order valence-electron chi connectivity index (χ4n) is 2.41. The number of hydrogen-bond acceptors (Lipinski definition) is 5. The van der Waals surface area contributed by atoms with E-state index in [-0.39, 0.29) is 17.5 Å². The van der Waals surface area contributed by atoms with E-state index in [1.807, 2.05) is 42.5 Å². The Morgan fingerprint density at radius 3 is 2.00 bits per heavy atom. The van der Waals surface area contributed by atoms with Gasteiger partial charge in [0, 0.05) is 16.0 Å². The monoisotopic (exact) mass is 378 g/mol. The van der Waals surface area contributed by atoms with Crippen molar-refractivity contribution >= 4 is 23.5 Å². The fraction of sp³-hybridized carbons (Fsp3) is 0.0909. The van der Waals surface area contributed by atoms with Crippen LogP contribution in [-0.4, -0.2) is 24.6 Å². The van der Waals surface area contributed by atoms with Gasteiger partial charge in [0.25, 0.3) is 0 Å². The van der Waals surface area contributed by atoms with E-state index in [0.717, 1.165) is 10.6 Å². The molecule has 3 rings (SSSR count). The van der Waals surface area contributed by atoms with E-state index >= 15 is 0 Å². The van der Waals surface area contributed by atoms with Gasteiger partial charge in [-0.25, -0.2) is 0 Å². The lowest BCUT2D eigenvalue weighted by atomic mass is 10.0. The smallest absolute Gasteiger partial charge is 0.321 e. The number of esters is 1. The molecular weight excluding hydrogens is 360 g/mol. The molecule has 136 valence electrons. The lowest BCUT2D eigenvalue weighted by Gasteiger charge is -2.06. The molecule has 0 aromatic heterocycles. The molecule has 0 unspecified atom stereocenters. The van der Waals surface area contributed by atoms with Crippen molar-refractivity contribution in [2.75, 3.05) is 12.9 Å². The Morgan fingerprint density at radius 1 is 0.778 bits per heavy atom. The van der Waals surface area contributed by atoms with Crippen molar-refractivity contribution in [1.29, 1.82) is 0 Å². The topological polar surface area (TPSA) is 52.6 Å². The van der Waals surface area contributed by atoms with Crippen molar-refractivity contribution in [2.24, 2.45) is 0 Å². The number of thioether (sulfide) groups is 1. The number of carbonyl (C=O) groups excluding carboxylic acids is 2. The Balaban J connectivity index is 1.54. The van der Waals surface area contributed by atoms with Gasteiger partial charge in [0.05, 0.1) is 12.9 Å². The number of ketones is 1. The first-order valence-corrected chi connectivity index (χ1v) is 9.31. The van der Waals surface area contributed by atoms with Crippen molar-refractivity contribution in [2.45, 2.75) is 4.90 Å². The van der Waals surface area contributed by atoms with Crippen LogP contribution >= 0.6 is 11.8 Å². The first-order chi connectivity index (χ1) is 13.2. The van der Waals surface area contributed by atoms with Crippen molar-refractivity contribution in [3.63, 3.8) is 0 Å². The third kappa shape index (κ3) is 5.21. The van der Waals surface area contributed by atoms with Crippen LogP contribution in [0.15, 0.2) is 83.8 Å². The van der Waals surface area contributed by atoms with Crippen LogP contribution in [0.4, 0.5) is 0 Å². The molecule has 27 heavy (non-hydrogen) atoms. The minimum atomic E-state index is -0.349. The van der Waals surface area contributed by atoms with E-state index in [1.165, 1.54) is 11.8 Å². The standard InChI is InChI=1S/C22H18O4S/c1-25-18-11-13-20(14-12-18)27-15-21(23)26-19-9-7-17(8-10-19)22(24)16-5-3-2-4-6-16/h2-14H,15H2,1H3. The van der Waals surface area contributed by atoms with Crippen LogP contribution in [0, 0.1) is 0 Å². The molecule has 0 bridgehead atoms. The normalized spacial score (nSPS) is 10.3. The van der Waals surface area contributed by atoms with Crippen LogP contribution in [-0.2, 0) is 4.79 Å². The number of methoxy groups -OCH3 is 1. The summed E-state index contributed by atoms with van der Waals surface area (Å²) in [5, 5.41) is 0. The van der Waals surface area contributed by atoms with Crippen molar-refractivity contribution in [3.05, 3.63) is 90.0 Å². The second-order valence-electron chi connectivity index (χ2n) is 5.66. The predicted octanol–water partition coefficient (Wildman–Crippen LogP) is 4.62. The van der Waals surface area contributed by atoms with Crippen LogP contribution in [0.5, 0.6) is 11.5 Å². The van der Waals surface area contributed by atoms with Crippen LogP contribution in [0.1, 0.15) is 15.9 Å². The van der Waals surface area contributed by atoms with Gasteiger partial charge < -0.3 is 9.47 Å². The van der Waals surface area contributed by atoms with Gasteiger partial charge in [-0.1, -0.05) is 30.3 Å². The summed E-state index contributed by atoms with van der Waals surface area (Å²) in [6.45, 7) is 0. The van der Waals surface area contributed by atoms with Crippen LogP contribution < -0.4 is 9.47 Å². The molecule has 0 amide bonds. The van der Waals surface area contributed by atoms with E-state index in [9.17, 15) is 9.59 Å². The minimum absolute atomic E-state index is 0.0662. The van der Waals surface area contributed by atoms with Crippen LogP contribution in [0.25, 0.3) is 0 Å². The molecule has 0 heterocycles. The zero-order valence-corrected chi connectivity index (χ0v) is 15.6. The van der Waals surface area contributed by atoms with Crippen LogP contribution in [0.3, 0.4) is 0 Å². The van der Waals surface area contributed by atoms with Gasteiger partial charge in [0.1, 0.15) is 11.5 Å². The van der Waals surface area contributed by atoms with E-state index in [0.29, 0.717) is 16.9 Å². The highest BCUT2D eigenvalue weighted by atomic mass is 32.2. The van der Waals surface area contributed by atoms with Gasteiger partial charge >= 0.3 is 5.97 Å². The maximum atomic E-state index is 12.4. The van der Waals surface area contributed by atoms with Crippen LogP contribution in [0.2, 0.25) is 0 Å². The molecular formula is C22H18O4S. The van der Waals surface area contributed by atoms with Gasteiger partial charge in [0.2, 0.25) is 0 Å². The summed E-state index contributed by atoms with van der Waals surface area (Å²) < 4.78 is 10.4. The second kappa shape index (κ2) is 9.05. The van der Waals surface area contributed by atoms with E-state index in [2.05, 4.69) is 0 Å². The number of benzene rings is 3. The maximum Gasteiger partial charge on any atom is 0.321 e. The molecule has 4 nitrogen and oxygen atoms in total. The third-order valence-electron chi connectivity index (χ3n) is 3.80. The highest BCUT2D eigenvalue weighted by molar-refractivity contribution is 8.00. The molecule has 0 aliphatic rings. The molecule has 0 radical (unpaired) electrons. The zero-order chi connectivity index (χ0) is 19.1. The van der Waals surface area contributed by atoms with E-state index in [4.69, 9.17) is 9.47 Å². The van der Waals surface area contributed by atoms with Gasteiger partial charge in [0.15, 0.2) is 5.78 Å². The van der Waals surface area contributed by atoms with Crippen molar-refractivity contribution < 1.29 is 19.1 Å². The largest absolute Gasteiger partial charge is 0.497 e. The Morgan fingerprint density at radius 2 is 1.37 bits per heavy atom. The molecule has 3 aromatic carbocycles. The van der Waals surface area contributed by atoms with Gasteiger partial charge in [-0.3, -0.25) is 9.59 Å². The third-order valence-corrected chi connectivity index (χ3v) is 4.79. The highest BCUT2D eigenvalue weighted by Crippen LogP contribution is 2.22. The average Bonchev–Trinajstić information content (AvgIpc) is 2.73. The summed E-state index contributed by atoms with van der Waals surface area (Å²) in [5.74, 6) is 0.963. The Kier molecular flexibility index (Phi) is 6.28. The lowest BCUT2D eigenvalue weighted by Crippen LogP contribution is -2.10. The predicted molar refractivity (Wildman–Crippen MR) is 106 cm³/mol. The van der Waals surface area contributed by atoms with Gasteiger partial charge in [-0.2, -0.15) is 0 Å². The SMILES string of the molecule is COc1ccc(SCC(=O)Oc2ccc(C(=O)c3ccccc3)cc2)cc1. The summed E-state index contributed by atoms with van der Waals surface area (Å²) in [6.07, 6.45) is 0. The quantitative estimate of drug-likeness (QED) is 0.260. The highest BCUT2D eigenvalue weighted by Gasteiger charge is 2.10. The molecule has 0 saturated heterocycles. The molecule has 0 N–H and O–H groups in total. The summed E-state index contributed by atoms with van der Waals surface area (Å²) in [7, 11) is 1.61. The van der Waals surface area contributed by atoms with Gasteiger partial charge in [-0.15, -0.1) is 11.8 Å². The Labute approximate surface area is 162 Å². The Bertz CT molecular complexity index is 903. The maximum absolute atomic E-state index is 12.4. The van der Waals surface area contributed by atoms with Gasteiger partial charge in [-0.05, 0) is 48.5 Å². The number of hydrogen-bond donors (Lipinski definition) is 0. The fourth-order valence-corrected chi connectivity index (χ4v) is 3.08. The average molecular weight is 378 g/mol. The molecule has 0 saturated carbocycles. The molecule has 0 spiro atoms. The molecule has 0 fully saturated rings. The summed E-state index contributed by atoms with van der Waals surface area (Å²) in [5.41, 5.74) is 1.17. The van der Waals surface area contributed by atoms with Crippen molar-refractivity contribution in [1.82, 2.24) is 0 Å². The number of ether oxygens (including phenoxy) is 2. The number of carbonyl (C=O) groups is 2. The zero-order valence-electron chi connectivity index (χ0n) is 14.8. The first kappa shape index (κ1) is 18.7. The summed E-state index contributed by atoms with van der Waals surface area (Å²) >= 11 is 1.39. The second-order valence-corrected chi connectivity index (χ2v) is 6.71.